The van der Waals surface area contributed by atoms with Gasteiger partial charge in [0.05, 0.1) is 10.7 Å². The van der Waals surface area contributed by atoms with Crippen molar-refractivity contribution in [3.05, 3.63) is 40.8 Å². The largest absolute Gasteiger partial charge is 0.353 e. The molecule has 116 valence electrons. The summed E-state index contributed by atoms with van der Waals surface area (Å²) in [5.41, 5.74) is 1.49. The number of aromatic nitrogens is 3. The highest BCUT2D eigenvalue weighted by Gasteiger charge is 2.24. The van der Waals surface area contributed by atoms with Gasteiger partial charge in [-0.3, -0.25) is 9.48 Å². The second-order valence-corrected chi connectivity index (χ2v) is 5.84. The van der Waals surface area contributed by atoms with Crippen LogP contribution in [-0.2, 0) is 7.05 Å². The van der Waals surface area contributed by atoms with Gasteiger partial charge in [-0.2, -0.15) is 5.10 Å². The predicted molar refractivity (Wildman–Crippen MR) is 85.3 cm³/mol. The Hall–Kier alpha value is -2.08. The van der Waals surface area contributed by atoms with E-state index in [1.165, 1.54) is 0 Å². The molecule has 0 unspecified atom stereocenters. The first kappa shape index (κ1) is 14.8. The Balaban J connectivity index is 1.65. The minimum atomic E-state index is 0.0341. The van der Waals surface area contributed by atoms with Gasteiger partial charge in [-0.05, 0) is 25.1 Å². The molecule has 3 rings (SSSR count). The third kappa shape index (κ3) is 2.92. The zero-order chi connectivity index (χ0) is 15.7. The summed E-state index contributed by atoms with van der Waals surface area (Å²) in [5, 5.41) is 4.86. The molecule has 7 heteroatoms. The van der Waals surface area contributed by atoms with Crippen molar-refractivity contribution in [3.63, 3.8) is 0 Å². The van der Waals surface area contributed by atoms with Gasteiger partial charge in [0.2, 0.25) is 0 Å². The molecule has 0 saturated carbocycles. The number of anilines is 1. The molecule has 1 fully saturated rings. The van der Waals surface area contributed by atoms with Gasteiger partial charge in [0, 0.05) is 39.4 Å². The maximum absolute atomic E-state index is 12.5. The summed E-state index contributed by atoms with van der Waals surface area (Å²) in [5.74, 6) is 0.930. The number of hydrogen-bond acceptors (Lipinski definition) is 4. The van der Waals surface area contributed by atoms with Gasteiger partial charge in [0.1, 0.15) is 11.5 Å². The van der Waals surface area contributed by atoms with Crippen molar-refractivity contribution in [1.82, 2.24) is 19.7 Å². The number of carbonyl (C=O) groups excluding carboxylic acids is 1. The summed E-state index contributed by atoms with van der Waals surface area (Å²) >= 11 is 5.86. The second-order valence-electron chi connectivity index (χ2n) is 5.41. The van der Waals surface area contributed by atoms with E-state index in [-0.39, 0.29) is 5.91 Å². The number of halogens is 1. The summed E-state index contributed by atoms with van der Waals surface area (Å²) in [6, 6.07) is 5.57. The molecule has 0 spiro atoms. The van der Waals surface area contributed by atoms with Gasteiger partial charge in [0.25, 0.3) is 5.91 Å². The maximum atomic E-state index is 12.5. The first-order valence-corrected chi connectivity index (χ1v) is 7.59. The summed E-state index contributed by atoms with van der Waals surface area (Å²) in [6.45, 7) is 4.76. The van der Waals surface area contributed by atoms with E-state index < -0.39 is 0 Å². The van der Waals surface area contributed by atoms with Crippen molar-refractivity contribution in [3.8, 4) is 0 Å². The van der Waals surface area contributed by atoms with Crippen molar-refractivity contribution in [2.24, 2.45) is 7.05 Å². The number of pyridine rings is 1. The number of rotatable bonds is 2. The first-order valence-electron chi connectivity index (χ1n) is 7.21. The molecule has 0 aromatic carbocycles. The van der Waals surface area contributed by atoms with E-state index in [2.05, 4.69) is 15.0 Å². The van der Waals surface area contributed by atoms with E-state index in [0.29, 0.717) is 23.8 Å². The van der Waals surface area contributed by atoms with E-state index in [1.807, 2.05) is 30.0 Å². The number of amides is 1. The van der Waals surface area contributed by atoms with E-state index in [0.717, 1.165) is 24.6 Å². The van der Waals surface area contributed by atoms with Crippen molar-refractivity contribution in [2.45, 2.75) is 6.92 Å². The van der Waals surface area contributed by atoms with Crippen LogP contribution in [-0.4, -0.2) is 51.8 Å². The van der Waals surface area contributed by atoms with E-state index in [9.17, 15) is 4.79 Å². The van der Waals surface area contributed by atoms with Gasteiger partial charge in [-0.25, -0.2) is 4.98 Å². The average molecular weight is 320 g/mol. The van der Waals surface area contributed by atoms with Crippen LogP contribution in [0.3, 0.4) is 0 Å². The lowest BCUT2D eigenvalue weighted by molar-refractivity contribution is 0.0735. The van der Waals surface area contributed by atoms with Crippen LogP contribution in [0.4, 0.5) is 5.82 Å². The molecule has 2 aromatic heterocycles. The highest BCUT2D eigenvalue weighted by molar-refractivity contribution is 6.30. The van der Waals surface area contributed by atoms with Gasteiger partial charge in [-0.1, -0.05) is 11.6 Å². The van der Waals surface area contributed by atoms with Crippen LogP contribution in [0.2, 0.25) is 5.02 Å². The Morgan fingerprint density at radius 2 is 1.95 bits per heavy atom. The fraction of sp³-hybridized carbons (Fsp3) is 0.400. The lowest BCUT2D eigenvalue weighted by Gasteiger charge is -2.35. The third-order valence-electron chi connectivity index (χ3n) is 3.82. The van der Waals surface area contributed by atoms with E-state index in [4.69, 9.17) is 11.6 Å². The maximum Gasteiger partial charge on any atom is 0.272 e. The van der Waals surface area contributed by atoms with E-state index in [1.54, 1.807) is 17.9 Å². The fourth-order valence-corrected chi connectivity index (χ4v) is 2.78. The lowest BCUT2D eigenvalue weighted by atomic mass is 10.2. The lowest BCUT2D eigenvalue weighted by Crippen LogP contribution is -2.49. The van der Waals surface area contributed by atoms with Gasteiger partial charge in [-0.15, -0.1) is 0 Å². The smallest absolute Gasteiger partial charge is 0.272 e. The molecular formula is C15H18ClN5O. The van der Waals surface area contributed by atoms with Gasteiger partial charge < -0.3 is 9.80 Å². The molecule has 0 bridgehead atoms. The molecule has 1 saturated heterocycles. The zero-order valence-electron chi connectivity index (χ0n) is 12.7. The SMILES string of the molecule is Cc1cc(C(=O)N2CCN(c3ccc(Cl)cn3)CC2)n(C)n1. The van der Waals surface area contributed by atoms with Crippen LogP contribution < -0.4 is 4.90 Å². The Morgan fingerprint density at radius 3 is 2.50 bits per heavy atom. The Bertz CT molecular complexity index is 674. The zero-order valence-corrected chi connectivity index (χ0v) is 13.4. The number of hydrogen-bond donors (Lipinski definition) is 0. The highest BCUT2D eigenvalue weighted by atomic mass is 35.5. The minimum Gasteiger partial charge on any atom is -0.353 e. The van der Waals surface area contributed by atoms with Crippen LogP contribution in [0.5, 0.6) is 0 Å². The highest BCUT2D eigenvalue weighted by Crippen LogP contribution is 2.17. The third-order valence-corrected chi connectivity index (χ3v) is 4.05. The molecule has 1 aliphatic heterocycles. The molecule has 0 aliphatic carbocycles. The topological polar surface area (TPSA) is 54.3 Å². The van der Waals surface area contributed by atoms with Crippen molar-refractivity contribution < 1.29 is 4.79 Å². The Morgan fingerprint density at radius 1 is 1.23 bits per heavy atom. The number of nitrogens with zero attached hydrogens (tertiary/aromatic N) is 5. The molecule has 2 aromatic rings. The van der Waals surface area contributed by atoms with Gasteiger partial charge >= 0.3 is 0 Å². The quantitative estimate of drug-likeness (QED) is 0.846. The van der Waals surface area contributed by atoms with E-state index >= 15 is 0 Å². The van der Waals surface area contributed by atoms with Crippen molar-refractivity contribution >= 4 is 23.3 Å². The van der Waals surface area contributed by atoms with Crippen LogP contribution in [0.1, 0.15) is 16.2 Å². The minimum absolute atomic E-state index is 0.0341. The Labute approximate surface area is 134 Å². The molecule has 3 heterocycles. The molecule has 1 amide bonds. The average Bonchev–Trinajstić information content (AvgIpc) is 2.86. The summed E-state index contributed by atoms with van der Waals surface area (Å²) in [4.78, 5) is 20.9. The summed E-state index contributed by atoms with van der Waals surface area (Å²) < 4.78 is 1.64. The van der Waals surface area contributed by atoms with Gasteiger partial charge in [0.15, 0.2) is 0 Å². The van der Waals surface area contributed by atoms with Crippen LogP contribution in [0, 0.1) is 6.92 Å². The number of piperazine rings is 1. The first-order chi connectivity index (χ1) is 10.5. The monoisotopic (exact) mass is 319 g/mol. The predicted octanol–water partition coefficient (Wildman–Crippen LogP) is 1.74. The molecule has 6 nitrogen and oxygen atoms in total. The number of carbonyl (C=O) groups is 1. The van der Waals surface area contributed by atoms with Crippen LogP contribution >= 0.6 is 11.6 Å². The summed E-state index contributed by atoms with van der Waals surface area (Å²) in [7, 11) is 1.80. The normalized spacial score (nSPS) is 15.2. The standard InChI is InChI=1S/C15H18ClN5O/c1-11-9-13(19(2)18-11)15(22)21-7-5-20(6-8-21)14-4-3-12(16)10-17-14/h3-4,9-10H,5-8H2,1-2H3. The van der Waals surface area contributed by atoms with Crippen molar-refractivity contribution in [1.29, 1.82) is 0 Å². The molecule has 0 N–H and O–H groups in total. The Kier molecular flexibility index (Phi) is 4.02. The molecule has 0 atom stereocenters. The molecular weight excluding hydrogens is 302 g/mol. The number of aryl methyl sites for hydroxylation is 2. The van der Waals surface area contributed by atoms with Crippen LogP contribution in [0.25, 0.3) is 0 Å². The van der Waals surface area contributed by atoms with Crippen LogP contribution in [0.15, 0.2) is 24.4 Å². The molecule has 0 radical (unpaired) electrons. The van der Waals surface area contributed by atoms with Crippen molar-refractivity contribution in [2.75, 3.05) is 31.1 Å². The summed E-state index contributed by atoms with van der Waals surface area (Å²) in [6.07, 6.45) is 1.65. The molecule has 1 aliphatic rings. The fourth-order valence-electron chi connectivity index (χ4n) is 2.67. The molecule has 22 heavy (non-hydrogen) atoms. The second kappa shape index (κ2) is 5.96.